The van der Waals surface area contributed by atoms with Gasteiger partial charge in [0.05, 0.1) is 5.52 Å². The highest BCUT2D eigenvalue weighted by Gasteiger charge is 2.01. The Labute approximate surface area is 119 Å². The van der Waals surface area contributed by atoms with Crippen LogP contribution in [0.1, 0.15) is 13.3 Å². The molecule has 0 saturated carbocycles. The van der Waals surface area contributed by atoms with Crippen LogP contribution in [0, 0.1) is 0 Å². The fourth-order valence-corrected chi connectivity index (χ4v) is 1.99. The van der Waals surface area contributed by atoms with E-state index in [0.29, 0.717) is 0 Å². The second-order valence-electron chi connectivity index (χ2n) is 4.37. The van der Waals surface area contributed by atoms with Gasteiger partial charge in [-0.3, -0.25) is 0 Å². The fourth-order valence-electron chi connectivity index (χ4n) is 1.99. The van der Waals surface area contributed by atoms with E-state index in [2.05, 4.69) is 34.0 Å². The maximum absolute atomic E-state index is 4.32. The third-order valence-electron chi connectivity index (χ3n) is 3.07. The van der Waals surface area contributed by atoms with Gasteiger partial charge in [0.15, 0.2) is 0 Å². The minimum Gasteiger partial charge on any atom is -0.369 e. The van der Waals surface area contributed by atoms with Crippen molar-refractivity contribution in [3.63, 3.8) is 0 Å². The zero-order valence-corrected chi connectivity index (χ0v) is 11.7. The molecule has 0 aliphatic rings. The summed E-state index contributed by atoms with van der Waals surface area (Å²) < 4.78 is 0. The lowest BCUT2D eigenvalue weighted by Crippen LogP contribution is -2.04. The Kier molecular flexibility index (Phi) is 5.07. The Morgan fingerprint density at radius 1 is 1.30 bits per heavy atom. The first-order valence-corrected chi connectivity index (χ1v) is 6.73. The zero-order valence-electron chi connectivity index (χ0n) is 11.7. The number of nitrogens with zero attached hydrogens (tertiary/aromatic N) is 2. The van der Waals surface area contributed by atoms with E-state index in [1.807, 2.05) is 37.3 Å². The molecule has 0 fully saturated rings. The second-order valence-corrected chi connectivity index (χ2v) is 4.37. The molecule has 0 spiro atoms. The van der Waals surface area contributed by atoms with E-state index in [1.165, 1.54) is 5.57 Å². The highest BCUT2D eigenvalue weighted by atomic mass is 15.0. The number of hydrogen-bond donors (Lipinski definition) is 1. The predicted molar refractivity (Wildman–Crippen MR) is 85.7 cm³/mol. The number of rotatable bonds is 6. The van der Waals surface area contributed by atoms with Crippen molar-refractivity contribution in [2.24, 2.45) is 0 Å². The molecule has 1 aromatic carbocycles. The summed E-state index contributed by atoms with van der Waals surface area (Å²) in [6.45, 7) is 6.56. The van der Waals surface area contributed by atoms with Crippen LogP contribution in [-0.2, 0) is 0 Å². The van der Waals surface area contributed by atoms with E-state index in [9.17, 15) is 0 Å². The van der Waals surface area contributed by atoms with Gasteiger partial charge in [0.1, 0.15) is 12.1 Å². The predicted octanol–water partition coefficient (Wildman–Crippen LogP) is 4.12. The van der Waals surface area contributed by atoms with Crippen molar-refractivity contribution in [3.8, 4) is 0 Å². The Hall–Kier alpha value is -2.42. The van der Waals surface area contributed by atoms with E-state index < -0.39 is 0 Å². The summed E-state index contributed by atoms with van der Waals surface area (Å²) in [5, 5.41) is 4.43. The van der Waals surface area contributed by atoms with Gasteiger partial charge in [-0.15, -0.1) is 0 Å². The molecule has 20 heavy (non-hydrogen) atoms. The Morgan fingerprint density at radius 3 is 2.95 bits per heavy atom. The van der Waals surface area contributed by atoms with Crippen LogP contribution in [0.15, 0.2) is 67.0 Å². The third kappa shape index (κ3) is 3.54. The average Bonchev–Trinajstić information content (AvgIpc) is 2.51. The van der Waals surface area contributed by atoms with E-state index in [1.54, 1.807) is 12.4 Å². The number of fused-ring (bicyclic) bond motifs is 1. The van der Waals surface area contributed by atoms with E-state index >= 15 is 0 Å². The van der Waals surface area contributed by atoms with Gasteiger partial charge in [0.25, 0.3) is 0 Å². The monoisotopic (exact) mass is 265 g/mol. The summed E-state index contributed by atoms with van der Waals surface area (Å²) >= 11 is 0. The highest BCUT2D eigenvalue weighted by Crippen LogP contribution is 2.18. The minimum atomic E-state index is 0.835. The summed E-state index contributed by atoms with van der Waals surface area (Å²) in [5.41, 5.74) is 2.23. The topological polar surface area (TPSA) is 37.8 Å². The van der Waals surface area contributed by atoms with Gasteiger partial charge in [-0.05, 0) is 25.5 Å². The largest absolute Gasteiger partial charge is 0.369 e. The number of anilines is 1. The molecule has 3 nitrogen and oxygen atoms in total. The molecule has 1 aromatic heterocycles. The van der Waals surface area contributed by atoms with E-state index in [-0.39, 0.29) is 0 Å². The molecule has 0 unspecified atom stereocenters. The first-order chi connectivity index (χ1) is 9.85. The molecule has 0 bridgehead atoms. The van der Waals surface area contributed by atoms with Crippen LogP contribution in [-0.4, -0.2) is 16.5 Å². The lowest BCUT2D eigenvalue weighted by molar-refractivity contribution is 1.01. The molecule has 0 atom stereocenters. The molecule has 3 heteroatoms. The third-order valence-corrected chi connectivity index (χ3v) is 3.07. The van der Waals surface area contributed by atoms with Gasteiger partial charge in [-0.2, -0.15) is 0 Å². The average molecular weight is 265 g/mol. The first-order valence-electron chi connectivity index (χ1n) is 6.73. The van der Waals surface area contributed by atoms with Crippen LogP contribution in [0.2, 0.25) is 0 Å². The van der Waals surface area contributed by atoms with Gasteiger partial charge in [-0.1, -0.05) is 48.6 Å². The fraction of sp³-hybridized carbons (Fsp3) is 0.176. The molecule has 0 aliphatic heterocycles. The second kappa shape index (κ2) is 7.24. The normalized spacial score (nSPS) is 11.9. The van der Waals surface area contributed by atoms with Crippen molar-refractivity contribution in [3.05, 3.63) is 67.0 Å². The minimum absolute atomic E-state index is 0.835. The van der Waals surface area contributed by atoms with Gasteiger partial charge in [-0.25, -0.2) is 9.97 Å². The van der Waals surface area contributed by atoms with Crippen molar-refractivity contribution in [2.45, 2.75) is 13.3 Å². The van der Waals surface area contributed by atoms with Gasteiger partial charge >= 0.3 is 0 Å². The van der Waals surface area contributed by atoms with Gasteiger partial charge < -0.3 is 5.32 Å². The molecule has 0 aliphatic carbocycles. The van der Waals surface area contributed by atoms with Crippen LogP contribution in [0.4, 0.5) is 5.82 Å². The van der Waals surface area contributed by atoms with Crippen molar-refractivity contribution in [1.82, 2.24) is 9.97 Å². The van der Waals surface area contributed by atoms with Crippen molar-refractivity contribution < 1.29 is 0 Å². The van der Waals surface area contributed by atoms with Crippen molar-refractivity contribution >= 4 is 16.7 Å². The van der Waals surface area contributed by atoms with Crippen LogP contribution in [0.3, 0.4) is 0 Å². The molecule has 102 valence electrons. The molecule has 2 aromatic rings. The van der Waals surface area contributed by atoms with E-state index in [0.717, 1.165) is 29.7 Å². The number of allylic oxidation sites excluding steroid dienone is 4. The lowest BCUT2D eigenvalue weighted by atomic mass is 10.1. The van der Waals surface area contributed by atoms with Crippen molar-refractivity contribution in [1.29, 1.82) is 0 Å². The summed E-state index contributed by atoms with van der Waals surface area (Å²) in [4.78, 5) is 8.57. The molecule has 0 radical (unpaired) electrons. The summed E-state index contributed by atoms with van der Waals surface area (Å²) in [5.74, 6) is 0.888. The number of para-hydroxylation sites is 1. The van der Waals surface area contributed by atoms with E-state index in [4.69, 9.17) is 0 Å². The number of hydrogen-bond acceptors (Lipinski definition) is 3. The molecular weight excluding hydrogens is 246 g/mol. The van der Waals surface area contributed by atoms with Gasteiger partial charge in [0.2, 0.25) is 0 Å². The number of aromatic nitrogens is 2. The lowest BCUT2D eigenvalue weighted by Gasteiger charge is -2.08. The molecule has 2 rings (SSSR count). The molecule has 0 saturated heterocycles. The maximum Gasteiger partial charge on any atom is 0.137 e. The Balaban J connectivity index is 2.03. The summed E-state index contributed by atoms with van der Waals surface area (Å²) in [6.07, 6.45) is 10.5. The smallest absolute Gasteiger partial charge is 0.137 e. The Bertz CT molecular complexity index is 636. The first kappa shape index (κ1) is 14.0. The number of benzene rings is 1. The van der Waals surface area contributed by atoms with Crippen LogP contribution in [0.5, 0.6) is 0 Å². The van der Waals surface area contributed by atoms with Crippen LogP contribution >= 0.6 is 0 Å². The Morgan fingerprint density at radius 2 is 2.15 bits per heavy atom. The van der Waals surface area contributed by atoms with Crippen LogP contribution < -0.4 is 5.32 Å². The van der Waals surface area contributed by atoms with Gasteiger partial charge in [0, 0.05) is 11.9 Å². The zero-order chi connectivity index (χ0) is 14.2. The van der Waals surface area contributed by atoms with Crippen LogP contribution in [0.25, 0.3) is 10.9 Å². The molecular formula is C17H19N3. The molecule has 0 amide bonds. The maximum atomic E-state index is 4.32. The highest BCUT2D eigenvalue weighted by molar-refractivity contribution is 5.88. The van der Waals surface area contributed by atoms with Crippen molar-refractivity contribution in [2.75, 3.05) is 11.9 Å². The molecule has 1 heterocycles. The standard InChI is InChI=1S/C17H19N3/c1-3-5-8-14(4-2)11-12-18-17-15-9-6-7-10-16(15)19-13-20-17/h3-10,13H,1,11-12H2,2H3,(H,18,19,20)/b8-5-,14-4+. The SMILES string of the molecule is C=C/C=C\C(=C/C)CCNc1ncnc2ccccc12. The summed E-state index contributed by atoms with van der Waals surface area (Å²) in [7, 11) is 0. The quantitative estimate of drug-likeness (QED) is 0.798. The number of nitrogens with one attached hydrogen (secondary N) is 1. The molecule has 1 N–H and O–H groups in total. The summed E-state index contributed by atoms with van der Waals surface area (Å²) in [6, 6.07) is 8.01.